The van der Waals surface area contributed by atoms with Crippen molar-refractivity contribution in [3.8, 4) is 12.3 Å². The molecule has 2 aromatic carbocycles. The zero-order valence-corrected chi connectivity index (χ0v) is 15.1. The summed E-state index contributed by atoms with van der Waals surface area (Å²) in [4.78, 5) is 0.0917. The normalized spacial score (nSPS) is 11.7. The lowest BCUT2D eigenvalue weighted by molar-refractivity contribution is 0.596. The second-order valence-corrected chi connectivity index (χ2v) is 9.17. The summed E-state index contributed by atoms with van der Waals surface area (Å²) >= 11 is 6.12. The Balaban J connectivity index is 2.53. The smallest absolute Gasteiger partial charge is 0.233 e. The molecular weight excluding hydrogens is 370 g/mol. The first-order chi connectivity index (χ1) is 11.2. The molecule has 0 heterocycles. The van der Waals surface area contributed by atoms with Gasteiger partial charge in [0, 0.05) is 0 Å². The van der Waals surface area contributed by atoms with E-state index in [-0.39, 0.29) is 27.0 Å². The molecule has 0 N–H and O–H groups in total. The number of nitrogens with zero attached hydrogens (tertiary/aromatic N) is 1. The second kappa shape index (κ2) is 6.85. The molecule has 0 saturated heterocycles. The van der Waals surface area contributed by atoms with Crippen molar-refractivity contribution >= 4 is 37.1 Å². The van der Waals surface area contributed by atoms with Gasteiger partial charge in [-0.3, -0.25) is 4.31 Å². The molecular formula is C16H14ClNO4S2. The standard InChI is InChI=1S/C16H14ClNO4S2/c1-3-11-18(23(2,19)20)16-10-9-14(12-15(16)17)24(21,22)13-7-5-4-6-8-13/h1,4-10,12H,11H2,2H3. The van der Waals surface area contributed by atoms with Gasteiger partial charge in [-0.25, -0.2) is 16.8 Å². The number of hydrogen-bond acceptors (Lipinski definition) is 4. The third-order valence-electron chi connectivity index (χ3n) is 3.19. The zero-order valence-electron chi connectivity index (χ0n) is 12.7. The van der Waals surface area contributed by atoms with Gasteiger partial charge in [0.15, 0.2) is 0 Å². The number of rotatable bonds is 5. The van der Waals surface area contributed by atoms with Crippen LogP contribution in [0.15, 0.2) is 58.3 Å². The molecule has 2 aromatic rings. The number of hydrogen-bond donors (Lipinski definition) is 0. The van der Waals surface area contributed by atoms with Gasteiger partial charge in [-0.2, -0.15) is 0 Å². The van der Waals surface area contributed by atoms with Crippen LogP contribution in [0.2, 0.25) is 5.02 Å². The van der Waals surface area contributed by atoms with E-state index < -0.39 is 19.9 Å². The van der Waals surface area contributed by atoms with Crippen molar-refractivity contribution in [1.29, 1.82) is 0 Å². The highest BCUT2D eigenvalue weighted by Crippen LogP contribution is 2.32. The number of halogens is 1. The number of anilines is 1. The van der Waals surface area contributed by atoms with Gasteiger partial charge in [-0.05, 0) is 30.3 Å². The van der Waals surface area contributed by atoms with E-state index in [0.717, 1.165) is 10.6 Å². The number of terminal acetylenes is 1. The Bertz CT molecular complexity index is 994. The second-order valence-electron chi connectivity index (χ2n) is 4.90. The van der Waals surface area contributed by atoms with Gasteiger partial charge in [0.1, 0.15) is 0 Å². The van der Waals surface area contributed by atoms with Crippen LogP contribution >= 0.6 is 11.6 Å². The Hall–Kier alpha value is -2.01. The third kappa shape index (κ3) is 3.73. The summed E-state index contributed by atoms with van der Waals surface area (Å²) in [5.74, 6) is 2.24. The summed E-state index contributed by atoms with van der Waals surface area (Å²) in [5, 5.41) is -0.0207. The minimum atomic E-state index is -3.74. The SMILES string of the molecule is C#CCN(c1ccc(S(=O)(=O)c2ccccc2)cc1Cl)S(C)(=O)=O. The summed E-state index contributed by atoms with van der Waals surface area (Å²) in [7, 11) is -7.39. The lowest BCUT2D eigenvalue weighted by atomic mass is 10.3. The highest BCUT2D eigenvalue weighted by atomic mass is 35.5. The maximum Gasteiger partial charge on any atom is 0.233 e. The molecule has 0 fully saturated rings. The van der Waals surface area contributed by atoms with E-state index in [9.17, 15) is 16.8 Å². The predicted octanol–water partition coefficient (Wildman–Crippen LogP) is 2.57. The molecule has 2 rings (SSSR count). The fourth-order valence-corrected chi connectivity index (χ4v) is 4.59. The van der Waals surface area contributed by atoms with Gasteiger partial charge in [-0.1, -0.05) is 35.7 Å². The van der Waals surface area contributed by atoms with E-state index in [1.54, 1.807) is 18.2 Å². The molecule has 0 bridgehead atoms. The molecule has 0 aliphatic heterocycles. The van der Waals surface area contributed by atoms with E-state index in [1.807, 2.05) is 0 Å². The molecule has 8 heteroatoms. The Morgan fingerprint density at radius 2 is 1.67 bits per heavy atom. The Kier molecular flexibility index (Phi) is 5.23. The summed E-state index contributed by atoms with van der Waals surface area (Å²) < 4.78 is 49.7. The van der Waals surface area contributed by atoms with Crippen molar-refractivity contribution < 1.29 is 16.8 Å². The average Bonchev–Trinajstić information content (AvgIpc) is 2.53. The van der Waals surface area contributed by atoms with Crippen LogP contribution in [0.1, 0.15) is 0 Å². The summed E-state index contributed by atoms with van der Waals surface area (Å²) in [6.07, 6.45) is 6.19. The van der Waals surface area contributed by atoms with Crippen molar-refractivity contribution in [1.82, 2.24) is 0 Å². The summed E-state index contributed by atoms with van der Waals surface area (Å²) in [5.41, 5.74) is 0.129. The van der Waals surface area contributed by atoms with Crippen molar-refractivity contribution in [2.24, 2.45) is 0 Å². The first-order valence-electron chi connectivity index (χ1n) is 6.69. The number of sulfonamides is 1. The van der Waals surface area contributed by atoms with Crippen LogP contribution in [0.25, 0.3) is 0 Å². The predicted molar refractivity (Wildman–Crippen MR) is 94.4 cm³/mol. The van der Waals surface area contributed by atoms with Crippen molar-refractivity contribution in [2.75, 3.05) is 17.1 Å². The van der Waals surface area contributed by atoms with Crippen molar-refractivity contribution in [3.05, 3.63) is 53.6 Å². The lowest BCUT2D eigenvalue weighted by Crippen LogP contribution is -2.30. The maximum atomic E-state index is 12.6. The van der Waals surface area contributed by atoms with Crippen LogP contribution in [-0.4, -0.2) is 29.6 Å². The minimum Gasteiger partial charge on any atom is -0.257 e. The molecule has 24 heavy (non-hydrogen) atoms. The maximum absolute atomic E-state index is 12.6. The Labute approximate surface area is 146 Å². The molecule has 0 unspecified atom stereocenters. The fourth-order valence-electron chi connectivity index (χ4n) is 2.06. The van der Waals surface area contributed by atoms with Crippen LogP contribution in [0, 0.1) is 12.3 Å². The average molecular weight is 384 g/mol. The molecule has 0 aromatic heterocycles. The molecule has 0 radical (unpaired) electrons. The molecule has 0 aliphatic rings. The molecule has 0 amide bonds. The van der Waals surface area contributed by atoms with Crippen molar-refractivity contribution in [2.45, 2.75) is 9.79 Å². The van der Waals surface area contributed by atoms with E-state index in [0.29, 0.717) is 0 Å². The molecule has 0 aliphatic carbocycles. The van der Waals surface area contributed by atoms with Crippen LogP contribution in [0.4, 0.5) is 5.69 Å². The first kappa shape index (κ1) is 18.3. The van der Waals surface area contributed by atoms with Gasteiger partial charge in [-0.15, -0.1) is 6.42 Å². The monoisotopic (exact) mass is 383 g/mol. The highest BCUT2D eigenvalue weighted by Gasteiger charge is 2.23. The Morgan fingerprint density at radius 3 is 2.17 bits per heavy atom. The van der Waals surface area contributed by atoms with Crippen molar-refractivity contribution in [3.63, 3.8) is 0 Å². The van der Waals surface area contributed by atoms with Gasteiger partial charge in [0.05, 0.1) is 33.3 Å². The van der Waals surface area contributed by atoms with Crippen LogP contribution < -0.4 is 4.31 Å². The van der Waals surface area contributed by atoms with Crippen LogP contribution in [0.5, 0.6) is 0 Å². The molecule has 0 saturated carbocycles. The molecule has 126 valence electrons. The third-order valence-corrected chi connectivity index (χ3v) is 6.38. The summed E-state index contributed by atoms with van der Waals surface area (Å²) in [6, 6.07) is 11.7. The summed E-state index contributed by atoms with van der Waals surface area (Å²) in [6.45, 7) is -0.205. The minimum absolute atomic E-state index is 0.0207. The number of sulfone groups is 1. The topological polar surface area (TPSA) is 71.5 Å². The van der Waals surface area contributed by atoms with E-state index in [2.05, 4.69) is 5.92 Å². The quantitative estimate of drug-likeness (QED) is 0.744. The highest BCUT2D eigenvalue weighted by molar-refractivity contribution is 7.92. The van der Waals surface area contributed by atoms with E-state index in [1.165, 1.54) is 30.3 Å². The molecule has 0 spiro atoms. The van der Waals surface area contributed by atoms with E-state index in [4.69, 9.17) is 18.0 Å². The van der Waals surface area contributed by atoms with E-state index >= 15 is 0 Å². The first-order valence-corrected chi connectivity index (χ1v) is 10.4. The fraction of sp³-hybridized carbons (Fsp3) is 0.125. The van der Waals surface area contributed by atoms with Crippen LogP contribution in [-0.2, 0) is 19.9 Å². The molecule has 0 atom stereocenters. The zero-order chi connectivity index (χ0) is 18.0. The largest absolute Gasteiger partial charge is 0.257 e. The lowest BCUT2D eigenvalue weighted by Gasteiger charge is -2.21. The Morgan fingerprint density at radius 1 is 1.04 bits per heavy atom. The van der Waals surface area contributed by atoms with Gasteiger partial charge >= 0.3 is 0 Å². The van der Waals surface area contributed by atoms with Gasteiger partial charge in [0.25, 0.3) is 0 Å². The van der Waals surface area contributed by atoms with Gasteiger partial charge in [0.2, 0.25) is 19.9 Å². The number of benzene rings is 2. The van der Waals surface area contributed by atoms with Gasteiger partial charge < -0.3 is 0 Å². The van der Waals surface area contributed by atoms with Crippen LogP contribution in [0.3, 0.4) is 0 Å². The molecule has 5 nitrogen and oxygen atoms in total.